The number of benzene rings is 1. The van der Waals surface area contributed by atoms with Gasteiger partial charge in [-0.05, 0) is 25.1 Å². The number of aromatic nitrogens is 4. The number of hydrogen-bond acceptors (Lipinski definition) is 6. The Morgan fingerprint density at radius 2 is 1.91 bits per heavy atom. The zero-order valence-electron chi connectivity index (χ0n) is 16.9. The van der Waals surface area contributed by atoms with Gasteiger partial charge in [0.1, 0.15) is 11.5 Å². The molecule has 0 amide bonds. The Bertz CT molecular complexity index is 1420. The van der Waals surface area contributed by atoms with Crippen LogP contribution in [0.25, 0.3) is 22.2 Å². The van der Waals surface area contributed by atoms with Gasteiger partial charge in [-0.3, -0.25) is 14.3 Å². The van der Waals surface area contributed by atoms with Gasteiger partial charge in [-0.1, -0.05) is 6.92 Å². The minimum atomic E-state index is -4.82. The summed E-state index contributed by atoms with van der Waals surface area (Å²) >= 11 is 0. The number of sulfonamides is 1. The van der Waals surface area contributed by atoms with E-state index in [1.807, 2.05) is 0 Å². The van der Waals surface area contributed by atoms with E-state index in [4.69, 9.17) is 0 Å². The molecule has 0 fully saturated rings. The molecule has 0 atom stereocenters. The summed E-state index contributed by atoms with van der Waals surface area (Å²) in [6, 6.07) is 2.87. The number of aromatic amines is 1. The van der Waals surface area contributed by atoms with E-state index in [0.29, 0.717) is 6.07 Å². The maximum absolute atomic E-state index is 13.7. The van der Waals surface area contributed by atoms with Crippen molar-refractivity contribution < 1.29 is 26.4 Å². The van der Waals surface area contributed by atoms with Crippen LogP contribution in [0, 0.1) is 0 Å². The minimum absolute atomic E-state index is 0.0769. The van der Waals surface area contributed by atoms with Crippen molar-refractivity contribution in [3.05, 3.63) is 50.8 Å². The molecule has 172 valence electrons. The summed E-state index contributed by atoms with van der Waals surface area (Å²) in [5, 5.41) is 3.56. The number of nitrogens with one attached hydrogen (secondary N) is 2. The zero-order chi connectivity index (χ0) is 23.8. The molecule has 10 nitrogen and oxygen atoms in total. The molecule has 2 aromatic heterocycles. The maximum Gasteiger partial charge on any atom is 0.417 e. The largest absolute Gasteiger partial charge is 0.417 e. The highest BCUT2D eigenvalue weighted by molar-refractivity contribution is 7.93. The van der Waals surface area contributed by atoms with Crippen LogP contribution >= 0.6 is 0 Å². The number of nitrogens with zero attached hydrogens (tertiary/aromatic N) is 3. The lowest BCUT2D eigenvalue weighted by molar-refractivity contribution is -0.137. The van der Waals surface area contributed by atoms with Gasteiger partial charge >= 0.3 is 11.9 Å². The van der Waals surface area contributed by atoms with Gasteiger partial charge in [-0.2, -0.15) is 22.9 Å². The first-order chi connectivity index (χ1) is 14.9. The van der Waals surface area contributed by atoms with Crippen molar-refractivity contribution in [3.63, 3.8) is 0 Å². The Labute approximate surface area is 178 Å². The molecule has 3 aromatic rings. The van der Waals surface area contributed by atoms with E-state index in [0.717, 1.165) is 6.07 Å². The molecule has 2 heterocycles. The lowest BCUT2D eigenvalue weighted by Crippen LogP contribution is -2.44. The van der Waals surface area contributed by atoms with Gasteiger partial charge < -0.3 is 4.98 Å². The highest BCUT2D eigenvalue weighted by atomic mass is 32.2. The predicted molar refractivity (Wildman–Crippen MR) is 109 cm³/mol. The molecule has 0 saturated carbocycles. The van der Waals surface area contributed by atoms with E-state index >= 15 is 0 Å². The quantitative estimate of drug-likeness (QED) is 0.533. The third-order valence-electron chi connectivity index (χ3n) is 4.61. The molecule has 3 rings (SSSR count). The first kappa shape index (κ1) is 23.2. The monoisotopic (exact) mass is 473 g/mol. The zero-order valence-corrected chi connectivity index (χ0v) is 17.7. The molecule has 0 radical (unpaired) electrons. The van der Waals surface area contributed by atoms with Crippen LogP contribution in [0.1, 0.15) is 25.8 Å². The Balaban J connectivity index is 2.28. The Morgan fingerprint density at radius 1 is 1.22 bits per heavy atom. The van der Waals surface area contributed by atoms with Crippen molar-refractivity contribution in [1.82, 2.24) is 19.4 Å². The molecule has 32 heavy (non-hydrogen) atoms. The molecule has 0 aliphatic heterocycles. The van der Waals surface area contributed by atoms with E-state index < -0.39 is 50.1 Å². The van der Waals surface area contributed by atoms with E-state index in [1.54, 1.807) is 11.8 Å². The van der Waals surface area contributed by atoms with Gasteiger partial charge in [0, 0.05) is 24.7 Å². The standard InChI is InChI=1S/C18H18F3N5O5S/c1-3-10(27)9-32(30,31)24-26-16(28)12-7-11(15-5-6-22-25(15)4-2)13(18(19,20)21)8-14(12)23-17(26)29/h5-8,24H,3-4,9H2,1-2H3,(H,23,29). The second-order valence-electron chi connectivity index (χ2n) is 6.79. The fraction of sp³-hybridized carbons (Fsp3) is 0.333. The molecule has 1 aromatic carbocycles. The normalized spacial score (nSPS) is 12.3. The number of hydrogen-bond donors (Lipinski definition) is 2. The lowest BCUT2D eigenvalue weighted by atomic mass is 10.0. The summed E-state index contributed by atoms with van der Waals surface area (Å²) < 4.78 is 66.9. The minimum Gasteiger partial charge on any atom is -0.305 e. The topological polar surface area (TPSA) is 136 Å². The molecule has 0 aliphatic rings. The Morgan fingerprint density at radius 3 is 2.50 bits per heavy atom. The van der Waals surface area contributed by atoms with Crippen LogP contribution in [-0.2, 0) is 27.5 Å². The van der Waals surface area contributed by atoms with Gasteiger partial charge in [0.15, 0.2) is 0 Å². The summed E-state index contributed by atoms with van der Waals surface area (Å²) in [6.45, 7) is 3.36. The van der Waals surface area contributed by atoms with Crippen molar-refractivity contribution >= 4 is 26.7 Å². The summed E-state index contributed by atoms with van der Waals surface area (Å²) in [5.41, 5.74) is -4.35. The van der Waals surface area contributed by atoms with E-state index in [-0.39, 0.29) is 34.3 Å². The van der Waals surface area contributed by atoms with Gasteiger partial charge in [0.25, 0.3) is 15.6 Å². The molecule has 0 unspecified atom stereocenters. The molecule has 14 heteroatoms. The molecule has 2 N–H and O–H groups in total. The van der Waals surface area contributed by atoms with Crippen molar-refractivity contribution in [2.75, 3.05) is 10.6 Å². The van der Waals surface area contributed by atoms with Gasteiger partial charge in [0.2, 0.25) is 0 Å². The smallest absolute Gasteiger partial charge is 0.305 e. The number of H-pyrrole nitrogens is 1. The third kappa shape index (κ3) is 4.44. The average Bonchev–Trinajstić information content (AvgIpc) is 3.18. The Kier molecular flexibility index (Phi) is 6.00. The molecule has 0 aliphatic carbocycles. The van der Waals surface area contributed by atoms with Crippen LogP contribution in [0.3, 0.4) is 0 Å². The van der Waals surface area contributed by atoms with E-state index in [1.165, 1.54) is 23.9 Å². The third-order valence-corrected chi connectivity index (χ3v) is 5.77. The van der Waals surface area contributed by atoms with Crippen molar-refractivity contribution in [1.29, 1.82) is 0 Å². The lowest BCUT2D eigenvalue weighted by Gasteiger charge is -2.16. The number of fused-ring (bicyclic) bond motifs is 1. The predicted octanol–water partition coefficient (Wildman–Crippen LogP) is 1.44. The van der Waals surface area contributed by atoms with Gasteiger partial charge in [0.05, 0.1) is 22.2 Å². The van der Waals surface area contributed by atoms with Crippen LogP contribution in [0.2, 0.25) is 0 Å². The van der Waals surface area contributed by atoms with Crippen LogP contribution in [0.4, 0.5) is 13.2 Å². The molecular weight excluding hydrogens is 455 g/mol. The molecule has 0 bridgehead atoms. The number of Topliss-reactive ketones (excluding diaryl/α,β-unsaturated/α-hetero) is 1. The number of carbonyl (C=O) groups excluding carboxylic acids is 1. The number of ketones is 1. The van der Waals surface area contributed by atoms with Gasteiger partial charge in [-0.15, -0.1) is 0 Å². The van der Waals surface area contributed by atoms with Crippen LogP contribution < -0.4 is 16.1 Å². The fourth-order valence-electron chi connectivity index (χ4n) is 3.09. The first-order valence-corrected chi connectivity index (χ1v) is 11.0. The van der Waals surface area contributed by atoms with Crippen LogP contribution in [-0.4, -0.2) is 39.4 Å². The summed E-state index contributed by atoms with van der Waals surface area (Å²) in [7, 11) is -4.41. The summed E-state index contributed by atoms with van der Waals surface area (Å²) in [5.74, 6) is -1.63. The van der Waals surface area contributed by atoms with Crippen LogP contribution in [0.15, 0.2) is 34.0 Å². The van der Waals surface area contributed by atoms with Crippen LogP contribution in [0.5, 0.6) is 0 Å². The SMILES string of the molecule is CCC(=O)CS(=O)(=O)Nn1c(=O)[nH]c2cc(C(F)(F)F)c(-c3ccnn3CC)cc2c1=O. The maximum atomic E-state index is 13.7. The van der Waals surface area contributed by atoms with Gasteiger partial charge in [-0.25, -0.2) is 18.0 Å². The number of alkyl halides is 3. The summed E-state index contributed by atoms with van der Waals surface area (Å²) in [6.07, 6.45) is -3.61. The number of carbonyl (C=O) groups is 1. The second-order valence-corrected chi connectivity index (χ2v) is 8.49. The highest BCUT2D eigenvalue weighted by Gasteiger charge is 2.35. The molecule has 0 spiro atoms. The summed E-state index contributed by atoms with van der Waals surface area (Å²) in [4.78, 5) is 40.4. The second kappa shape index (κ2) is 8.26. The average molecular weight is 473 g/mol. The van der Waals surface area contributed by atoms with Crippen molar-refractivity contribution in [2.24, 2.45) is 0 Å². The molecule has 0 saturated heterocycles. The van der Waals surface area contributed by atoms with Crippen molar-refractivity contribution in [2.45, 2.75) is 33.0 Å². The first-order valence-electron chi connectivity index (χ1n) is 9.32. The Hall–Kier alpha value is -3.42. The van der Waals surface area contributed by atoms with Crippen molar-refractivity contribution in [3.8, 4) is 11.3 Å². The number of halogens is 3. The fourth-order valence-corrected chi connectivity index (χ4v) is 4.23. The van der Waals surface area contributed by atoms with E-state index in [2.05, 4.69) is 10.1 Å². The number of rotatable bonds is 7. The number of aryl methyl sites for hydroxylation is 1. The molecular formula is C18H18F3N5O5S. The highest BCUT2D eigenvalue weighted by Crippen LogP contribution is 2.38. The van der Waals surface area contributed by atoms with E-state index in [9.17, 15) is 36.0 Å².